The van der Waals surface area contributed by atoms with Crippen molar-refractivity contribution in [3.8, 4) is 0 Å². The molecule has 2 aromatic carbocycles. The Morgan fingerprint density at radius 1 is 0.972 bits per heavy atom. The van der Waals surface area contributed by atoms with Gasteiger partial charge in [-0.3, -0.25) is 9.59 Å². The second-order valence-corrected chi connectivity index (χ2v) is 9.80. The molecule has 1 aliphatic heterocycles. The number of ether oxygens (including phenoxy) is 1. The number of hydrogen-bond acceptors (Lipinski definition) is 4. The highest BCUT2D eigenvalue weighted by Gasteiger charge is 2.31. The van der Waals surface area contributed by atoms with E-state index in [0.717, 1.165) is 49.0 Å². The first-order chi connectivity index (χ1) is 17.4. The smallest absolute Gasteiger partial charge is 0.323 e. The van der Waals surface area contributed by atoms with Crippen LogP contribution in [0, 0.1) is 12.8 Å². The summed E-state index contributed by atoms with van der Waals surface area (Å²) in [6, 6.07) is 14.7. The molecule has 0 spiro atoms. The van der Waals surface area contributed by atoms with E-state index >= 15 is 0 Å². The van der Waals surface area contributed by atoms with Gasteiger partial charge in [0.1, 0.15) is 0 Å². The van der Waals surface area contributed by atoms with Gasteiger partial charge >= 0.3 is 12.0 Å². The summed E-state index contributed by atoms with van der Waals surface area (Å²) in [5.41, 5.74) is 3.29. The summed E-state index contributed by atoms with van der Waals surface area (Å²) in [6.45, 7) is 3.18. The fraction of sp³-hybridized carbons (Fsp3) is 0.464. The van der Waals surface area contributed by atoms with Crippen molar-refractivity contribution < 1.29 is 24.2 Å². The van der Waals surface area contributed by atoms with E-state index in [-0.39, 0.29) is 30.0 Å². The Kier molecular flexibility index (Phi) is 8.59. The van der Waals surface area contributed by atoms with Crippen molar-refractivity contribution in [3.63, 3.8) is 0 Å². The Balaban J connectivity index is 1.23. The number of hydrogen-bond donors (Lipinski definition) is 3. The number of nitrogens with one attached hydrogen (secondary N) is 2. The molecule has 1 aliphatic carbocycles. The molecule has 1 saturated heterocycles. The van der Waals surface area contributed by atoms with E-state index in [1.165, 1.54) is 0 Å². The summed E-state index contributed by atoms with van der Waals surface area (Å²) in [6.07, 6.45) is 5.12. The highest BCUT2D eigenvalue weighted by Crippen LogP contribution is 2.28. The molecule has 2 fully saturated rings. The predicted octanol–water partition coefficient (Wildman–Crippen LogP) is 4.83. The molecular formula is C28H35N3O5. The number of likely N-dealkylation sites (tertiary alicyclic amines) is 1. The summed E-state index contributed by atoms with van der Waals surface area (Å²) in [5.74, 6) is -0.887. The number of carbonyl (C=O) groups excluding carboxylic acids is 2. The van der Waals surface area contributed by atoms with E-state index in [9.17, 15) is 14.4 Å². The topological polar surface area (TPSA) is 108 Å². The molecule has 0 aromatic heterocycles. The van der Waals surface area contributed by atoms with Gasteiger partial charge in [-0.25, -0.2) is 4.79 Å². The zero-order valence-corrected chi connectivity index (χ0v) is 20.7. The van der Waals surface area contributed by atoms with Gasteiger partial charge in [-0.1, -0.05) is 30.3 Å². The third kappa shape index (κ3) is 6.85. The standard InChI is InChI=1S/C28H35N3O5/c1-19-5-2-3-7-25(19)30-28(35)29-22-12-8-20(9-13-22)17-26(32)31-16-4-6-23(31)18-36-24-14-10-21(11-15-24)27(33)34/h2-3,5,7-9,12-13,21,23-24H,4,6,10-11,14-18H2,1H3,(H,33,34)(H2,29,30,35)/t21?,23-,24?/m0/s1. The first-order valence-corrected chi connectivity index (χ1v) is 12.8. The molecule has 3 N–H and O–H groups in total. The molecule has 192 valence electrons. The van der Waals surface area contributed by atoms with Crippen molar-refractivity contribution in [2.75, 3.05) is 23.8 Å². The number of carboxylic acids is 1. The number of para-hydroxylation sites is 1. The fourth-order valence-corrected chi connectivity index (χ4v) is 5.04. The lowest BCUT2D eigenvalue weighted by Gasteiger charge is -2.30. The van der Waals surface area contributed by atoms with Gasteiger partial charge in [0.05, 0.1) is 31.1 Å². The number of aliphatic carboxylic acids is 1. The molecule has 1 heterocycles. The third-order valence-electron chi connectivity index (χ3n) is 7.21. The number of anilines is 2. The number of benzene rings is 2. The van der Waals surface area contributed by atoms with Crippen LogP contribution in [-0.2, 0) is 20.7 Å². The van der Waals surface area contributed by atoms with Gasteiger partial charge in [0.15, 0.2) is 0 Å². The largest absolute Gasteiger partial charge is 0.481 e. The van der Waals surface area contributed by atoms with Crippen LogP contribution in [0.3, 0.4) is 0 Å². The van der Waals surface area contributed by atoms with Gasteiger partial charge in [-0.15, -0.1) is 0 Å². The normalized spacial score (nSPS) is 21.7. The van der Waals surface area contributed by atoms with Crippen LogP contribution in [-0.4, -0.2) is 53.2 Å². The van der Waals surface area contributed by atoms with Crippen LogP contribution in [0.1, 0.15) is 49.7 Å². The van der Waals surface area contributed by atoms with Gasteiger partial charge < -0.3 is 25.4 Å². The molecule has 2 aromatic rings. The Bertz CT molecular complexity index is 1060. The van der Waals surface area contributed by atoms with Gasteiger partial charge in [0, 0.05) is 17.9 Å². The van der Waals surface area contributed by atoms with Crippen molar-refractivity contribution in [1.29, 1.82) is 0 Å². The average molecular weight is 494 g/mol. The molecule has 1 atom stereocenters. The van der Waals surface area contributed by atoms with E-state index in [4.69, 9.17) is 9.84 Å². The van der Waals surface area contributed by atoms with Crippen molar-refractivity contribution in [3.05, 3.63) is 59.7 Å². The van der Waals surface area contributed by atoms with Crippen LogP contribution >= 0.6 is 0 Å². The second kappa shape index (κ2) is 12.0. The van der Waals surface area contributed by atoms with Crippen LogP contribution in [0.4, 0.5) is 16.2 Å². The fourth-order valence-electron chi connectivity index (χ4n) is 5.04. The minimum absolute atomic E-state index is 0.0702. The van der Waals surface area contributed by atoms with Crippen LogP contribution in [0.25, 0.3) is 0 Å². The minimum Gasteiger partial charge on any atom is -0.481 e. The molecule has 0 bridgehead atoms. The second-order valence-electron chi connectivity index (χ2n) is 9.80. The number of rotatable bonds is 8. The highest BCUT2D eigenvalue weighted by atomic mass is 16.5. The molecule has 8 nitrogen and oxygen atoms in total. The highest BCUT2D eigenvalue weighted by molar-refractivity contribution is 6.00. The van der Waals surface area contributed by atoms with Gasteiger partial charge in [0.2, 0.25) is 5.91 Å². The molecular weight excluding hydrogens is 458 g/mol. The number of aryl methyl sites for hydroxylation is 1. The number of carboxylic acid groups (broad SMARTS) is 1. The number of carbonyl (C=O) groups is 3. The quantitative estimate of drug-likeness (QED) is 0.488. The summed E-state index contributed by atoms with van der Waals surface area (Å²) in [7, 11) is 0. The van der Waals surface area contributed by atoms with Crippen molar-refractivity contribution >= 4 is 29.3 Å². The van der Waals surface area contributed by atoms with E-state index in [1.54, 1.807) is 12.1 Å². The van der Waals surface area contributed by atoms with Gasteiger partial charge in [-0.05, 0) is 74.8 Å². The number of nitrogens with zero attached hydrogens (tertiary/aromatic N) is 1. The number of urea groups is 1. The summed E-state index contributed by atoms with van der Waals surface area (Å²) >= 11 is 0. The molecule has 0 radical (unpaired) electrons. The van der Waals surface area contributed by atoms with Crippen LogP contribution in [0.5, 0.6) is 0 Å². The van der Waals surface area contributed by atoms with Gasteiger partial charge in [-0.2, -0.15) is 0 Å². The Morgan fingerprint density at radius 2 is 1.69 bits per heavy atom. The summed E-state index contributed by atoms with van der Waals surface area (Å²) in [4.78, 5) is 38.4. The molecule has 0 unspecified atom stereocenters. The van der Waals surface area contributed by atoms with Crippen molar-refractivity contribution in [1.82, 2.24) is 4.90 Å². The lowest BCUT2D eigenvalue weighted by Crippen LogP contribution is -2.40. The van der Waals surface area contributed by atoms with E-state index in [1.807, 2.05) is 48.2 Å². The monoisotopic (exact) mass is 493 g/mol. The molecule has 4 rings (SSSR count). The Morgan fingerprint density at radius 3 is 2.39 bits per heavy atom. The zero-order valence-electron chi connectivity index (χ0n) is 20.7. The van der Waals surface area contributed by atoms with Crippen molar-refractivity contribution in [2.24, 2.45) is 5.92 Å². The Hall–Kier alpha value is -3.39. The van der Waals surface area contributed by atoms with Crippen LogP contribution in [0.15, 0.2) is 48.5 Å². The summed E-state index contributed by atoms with van der Waals surface area (Å²) < 4.78 is 6.10. The third-order valence-corrected chi connectivity index (χ3v) is 7.21. The molecule has 8 heteroatoms. The molecule has 36 heavy (non-hydrogen) atoms. The van der Waals surface area contributed by atoms with E-state index < -0.39 is 5.97 Å². The number of amides is 3. The SMILES string of the molecule is Cc1ccccc1NC(=O)Nc1ccc(CC(=O)N2CCC[C@H]2COC2CCC(C(=O)O)CC2)cc1. The van der Waals surface area contributed by atoms with Crippen molar-refractivity contribution in [2.45, 2.75) is 64.0 Å². The van der Waals surface area contributed by atoms with E-state index in [2.05, 4.69) is 10.6 Å². The van der Waals surface area contributed by atoms with Crippen LogP contribution < -0.4 is 10.6 Å². The maximum atomic E-state index is 13.0. The lowest BCUT2D eigenvalue weighted by molar-refractivity contribution is -0.144. The summed E-state index contributed by atoms with van der Waals surface area (Å²) in [5, 5.41) is 14.8. The maximum absolute atomic E-state index is 13.0. The Labute approximate surface area is 212 Å². The molecule has 3 amide bonds. The lowest BCUT2D eigenvalue weighted by atomic mass is 9.87. The minimum atomic E-state index is -0.713. The predicted molar refractivity (Wildman–Crippen MR) is 138 cm³/mol. The zero-order chi connectivity index (χ0) is 25.5. The first kappa shape index (κ1) is 25.7. The van der Waals surface area contributed by atoms with E-state index in [0.29, 0.717) is 31.6 Å². The van der Waals surface area contributed by atoms with Gasteiger partial charge in [0.25, 0.3) is 0 Å². The maximum Gasteiger partial charge on any atom is 0.323 e. The molecule has 1 saturated carbocycles. The van der Waals surface area contributed by atoms with Crippen LogP contribution in [0.2, 0.25) is 0 Å². The molecule has 2 aliphatic rings. The first-order valence-electron chi connectivity index (χ1n) is 12.8. The average Bonchev–Trinajstić information content (AvgIpc) is 3.34.